The molecule has 3 rings (SSSR count). The number of rotatable bonds is 5. The predicted octanol–water partition coefficient (Wildman–Crippen LogP) is 2.43. The van der Waals surface area contributed by atoms with Gasteiger partial charge >= 0.3 is 12.0 Å². The molecule has 3 amide bonds. The average molecular weight is 378 g/mol. The molecule has 3 N–H and O–H groups in total. The van der Waals surface area contributed by atoms with Crippen LogP contribution in [-0.4, -0.2) is 35.2 Å². The first-order valence-corrected chi connectivity index (χ1v) is 8.48. The number of urea groups is 1. The minimum atomic E-state index is -1.30. The SMILES string of the molecule is CNC(=O)NC(=O)[C@H](OC(=O)c1cc(-c2ccccc2)n[nH]1)c1ccccc1. The Morgan fingerprint density at radius 2 is 1.64 bits per heavy atom. The van der Waals surface area contributed by atoms with Crippen LogP contribution in [0, 0.1) is 0 Å². The molecule has 0 aliphatic heterocycles. The number of amides is 3. The molecule has 0 radical (unpaired) electrons. The van der Waals surface area contributed by atoms with Crippen LogP contribution in [0.4, 0.5) is 4.79 Å². The summed E-state index contributed by atoms with van der Waals surface area (Å²) in [5, 5.41) is 11.1. The second-order valence-electron chi connectivity index (χ2n) is 5.80. The third-order valence-electron chi connectivity index (χ3n) is 3.90. The zero-order valence-corrected chi connectivity index (χ0v) is 15.0. The molecular weight excluding hydrogens is 360 g/mol. The lowest BCUT2D eigenvalue weighted by Gasteiger charge is -2.17. The number of benzene rings is 2. The molecule has 1 heterocycles. The van der Waals surface area contributed by atoms with Gasteiger partial charge in [0.2, 0.25) is 6.10 Å². The Bertz CT molecular complexity index is 970. The van der Waals surface area contributed by atoms with Gasteiger partial charge in [-0.3, -0.25) is 15.2 Å². The number of H-pyrrole nitrogens is 1. The van der Waals surface area contributed by atoms with Gasteiger partial charge in [0.15, 0.2) is 0 Å². The van der Waals surface area contributed by atoms with Crippen molar-refractivity contribution in [3.05, 3.63) is 78.0 Å². The Labute approximate surface area is 160 Å². The Morgan fingerprint density at radius 1 is 1.00 bits per heavy atom. The normalized spacial score (nSPS) is 11.3. The number of aromatic nitrogens is 2. The summed E-state index contributed by atoms with van der Waals surface area (Å²) in [4.78, 5) is 36.5. The highest BCUT2D eigenvalue weighted by Crippen LogP contribution is 2.21. The van der Waals surface area contributed by atoms with Crippen molar-refractivity contribution >= 4 is 17.9 Å². The molecule has 0 aliphatic carbocycles. The first kappa shape index (κ1) is 18.8. The van der Waals surface area contributed by atoms with Crippen LogP contribution in [0.3, 0.4) is 0 Å². The van der Waals surface area contributed by atoms with Crippen molar-refractivity contribution in [1.29, 1.82) is 0 Å². The smallest absolute Gasteiger partial charge is 0.357 e. The van der Waals surface area contributed by atoms with Gasteiger partial charge in [-0.1, -0.05) is 60.7 Å². The summed E-state index contributed by atoms with van der Waals surface area (Å²) in [6.07, 6.45) is -1.30. The van der Waals surface area contributed by atoms with Crippen LogP contribution in [0.1, 0.15) is 22.2 Å². The van der Waals surface area contributed by atoms with Crippen LogP contribution in [0.5, 0.6) is 0 Å². The highest BCUT2D eigenvalue weighted by atomic mass is 16.5. The van der Waals surface area contributed by atoms with E-state index in [2.05, 4.69) is 20.8 Å². The first-order chi connectivity index (χ1) is 13.6. The van der Waals surface area contributed by atoms with Crippen LogP contribution >= 0.6 is 0 Å². The van der Waals surface area contributed by atoms with E-state index in [1.54, 1.807) is 30.3 Å². The summed E-state index contributed by atoms with van der Waals surface area (Å²) >= 11 is 0. The van der Waals surface area contributed by atoms with E-state index < -0.39 is 24.0 Å². The average Bonchev–Trinajstić information content (AvgIpc) is 3.23. The van der Waals surface area contributed by atoms with Gasteiger partial charge < -0.3 is 10.1 Å². The number of aromatic amines is 1. The number of nitrogens with zero attached hydrogens (tertiary/aromatic N) is 1. The first-order valence-electron chi connectivity index (χ1n) is 8.48. The number of ether oxygens (including phenoxy) is 1. The molecule has 0 unspecified atom stereocenters. The molecule has 0 saturated carbocycles. The third kappa shape index (κ3) is 4.42. The van der Waals surface area contributed by atoms with Crippen molar-refractivity contribution < 1.29 is 19.1 Å². The molecule has 0 spiro atoms. The largest absolute Gasteiger partial charge is 0.443 e. The van der Waals surface area contributed by atoms with E-state index in [1.807, 2.05) is 30.3 Å². The zero-order valence-electron chi connectivity index (χ0n) is 15.0. The van der Waals surface area contributed by atoms with Crippen LogP contribution in [0.2, 0.25) is 0 Å². The summed E-state index contributed by atoms with van der Waals surface area (Å²) in [6.45, 7) is 0. The van der Waals surface area contributed by atoms with Gasteiger partial charge in [0.1, 0.15) is 5.69 Å². The van der Waals surface area contributed by atoms with Crippen molar-refractivity contribution in [1.82, 2.24) is 20.8 Å². The summed E-state index contributed by atoms with van der Waals surface area (Å²) in [7, 11) is 1.38. The summed E-state index contributed by atoms with van der Waals surface area (Å²) in [5.41, 5.74) is 1.92. The Morgan fingerprint density at radius 3 is 2.29 bits per heavy atom. The molecule has 0 saturated heterocycles. The molecular formula is C20H18N4O4. The molecule has 142 valence electrons. The number of hydrogen-bond acceptors (Lipinski definition) is 5. The van der Waals surface area contributed by atoms with Crippen LogP contribution in [0.15, 0.2) is 66.7 Å². The lowest BCUT2D eigenvalue weighted by Crippen LogP contribution is -2.41. The minimum Gasteiger partial charge on any atom is -0.443 e. The Kier molecular flexibility index (Phi) is 5.81. The van der Waals surface area contributed by atoms with E-state index in [-0.39, 0.29) is 5.69 Å². The van der Waals surface area contributed by atoms with E-state index in [4.69, 9.17) is 4.74 Å². The number of hydrogen-bond donors (Lipinski definition) is 3. The van der Waals surface area contributed by atoms with E-state index in [9.17, 15) is 14.4 Å². The highest BCUT2D eigenvalue weighted by molar-refractivity contribution is 5.98. The van der Waals surface area contributed by atoms with Gasteiger partial charge in [-0.05, 0) is 6.07 Å². The van der Waals surface area contributed by atoms with E-state index in [0.717, 1.165) is 5.56 Å². The molecule has 3 aromatic rings. The predicted molar refractivity (Wildman–Crippen MR) is 101 cm³/mol. The second kappa shape index (κ2) is 8.63. The van der Waals surface area contributed by atoms with Gasteiger partial charge in [-0.2, -0.15) is 5.10 Å². The monoisotopic (exact) mass is 378 g/mol. The summed E-state index contributed by atoms with van der Waals surface area (Å²) in [6, 6.07) is 18.6. The lowest BCUT2D eigenvalue weighted by molar-refractivity contribution is -0.129. The highest BCUT2D eigenvalue weighted by Gasteiger charge is 2.27. The van der Waals surface area contributed by atoms with E-state index >= 15 is 0 Å². The maximum Gasteiger partial charge on any atom is 0.357 e. The number of carbonyl (C=O) groups is 3. The minimum absolute atomic E-state index is 0.0903. The van der Waals surface area contributed by atoms with Gasteiger partial charge in [0.25, 0.3) is 5.91 Å². The molecule has 8 nitrogen and oxygen atoms in total. The maximum atomic E-state index is 12.6. The standard InChI is InChI=1S/C20H18N4O4/c1-21-20(27)22-18(25)17(14-10-6-3-7-11-14)28-19(26)16-12-15(23-24-16)13-8-4-2-5-9-13/h2-12,17H,1H3,(H,23,24)(H2,21,22,25,27)/t17-/m1/s1. The molecule has 0 aliphatic rings. The number of carbonyl (C=O) groups excluding carboxylic acids is 3. The molecule has 8 heteroatoms. The van der Waals surface area contributed by atoms with Crippen LogP contribution in [0.25, 0.3) is 11.3 Å². The van der Waals surface area contributed by atoms with Crippen LogP contribution in [-0.2, 0) is 9.53 Å². The molecule has 28 heavy (non-hydrogen) atoms. The molecule has 0 bridgehead atoms. The van der Waals surface area contributed by atoms with Gasteiger partial charge in [0.05, 0.1) is 5.69 Å². The van der Waals surface area contributed by atoms with Crippen molar-refractivity contribution in [2.24, 2.45) is 0 Å². The quantitative estimate of drug-likeness (QED) is 0.590. The number of esters is 1. The topological polar surface area (TPSA) is 113 Å². The summed E-state index contributed by atoms with van der Waals surface area (Å²) in [5.74, 6) is -1.53. The third-order valence-corrected chi connectivity index (χ3v) is 3.90. The fourth-order valence-corrected chi connectivity index (χ4v) is 2.49. The maximum absolute atomic E-state index is 12.6. The zero-order chi connectivity index (χ0) is 19.9. The number of imide groups is 1. The fraction of sp³-hybridized carbons (Fsp3) is 0.100. The van der Waals surface area contributed by atoms with Crippen molar-refractivity contribution in [3.8, 4) is 11.3 Å². The van der Waals surface area contributed by atoms with Gasteiger partial charge in [-0.25, -0.2) is 9.59 Å². The van der Waals surface area contributed by atoms with Crippen molar-refractivity contribution in [3.63, 3.8) is 0 Å². The van der Waals surface area contributed by atoms with E-state index in [1.165, 1.54) is 13.1 Å². The molecule has 2 aromatic carbocycles. The fourth-order valence-electron chi connectivity index (χ4n) is 2.49. The van der Waals surface area contributed by atoms with Crippen molar-refractivity contribution in [2.45, 2.75) is 6.10 Å². The molecule has 1 aromatic heterocycles. The van der Waals surface area contributed by atoms with Crippen molar-refractivity contribution in [2.75, 3.05) is 7.05 Å². The number of nitrogens with one attached hydrogen (secondary N) is 3. The van der Waals surface area contributed by atoms with Crippen LogP contribution < -0.4 is 10.6 Å². The van der Waals surface area contributed by atoms with E-state index in [0.29, 0.717) is 11.3 Å². The molecule has 0 fully saturated rings. The Balaban J connectivity index is 1.80. The molecule has 1 atom stereocenters. The Hall–Kier alpha value is -3.94. The second-order valence-corrected chi connectivity index (χ2v) is 5.80. The summed E-state index contributed by atoms with van der Waals surface area (Å²) < 4.78 is 5.38. The lowest BCUT2D eigenvalue weighted by atomic mass is 10.1. The van der Waals surface area contributed by atoms with Gasteiger partial charge in [-0.15, -0.1) is 0 Å². The van der Waals surface area contributed by atoms with Gasteiger partial charge in [0, 0.05) is 18.2 Å².